The van der Waals surface area contributed by atoms with Crippen molar-refractivity contribution in [2.24, 2.45) is 5.73 Å². The molecule has 1 fully saturated rings. The number of nitrogens with two attached hydrogens (primary N) is 1. The van der Waals surface area contributed by atoms with Crippen molar-refractivity contribution in [3.05, 3.63) is 18.2 Å². The number of aromatic nitrogens is 2. The SMILES string of the molecule is C[C@@]1(C(=O)N[C@@H](Cc2cnc[nH]2)C(=O)O)CCCN1C(=O)CN. The van der Waals surface area contributed by atoms with Gasteiger partial charge in [-0.25, -0.2) is 9.78 Å². The zero-order valence-corrected chi connectivity index (χ0v) is 12.9. The molecule has 126 valence electrons. The van der Waals surface area contributed by atoms with E-state index in [0.29, 0.717) is 25.1 Å². The largest absolute Gasteiger partial charge is 0.480 e. The molecule has 0 aliphatic carbocycles. The first-order valence-corrected chi connectivity index (χ1v) is 7.40. The zero-order chi connectivity index (χ0) is 17.0. The molecule has 9 heteroatoms. The molecule has 1 aliphatic heterocycles. The van der Waals surface area contributed by atoms with Crippen LogP contribution in [-0.2, 0) is 20.8 Å². The molecular formula is C14H21N5O4. The first-order valence-electron chi connectivity index (χ1n) is 7.40. The van der Waals surface area contributed by atoms with Crippen LogP contribution in [0.1, 0.15) is 25.5 Å². The quantitative estimate of drug-likeness (QED) is 0.521. The molecule has 0 radical (unpaired) electrons. The lowest BCUT2D eigenvalue weighted by molar-refractivity contribution is -0.147. The molecule has 2 atom stereocenters. The van der Waals surface area contributed by atoms with E-state index in [1.165, 1.54) is 17.4 Å². The molecule has 1 saturated heterocycles. The second kappa shape index (κ2) is 6.78. The third kappa shape index (κ3) is 3.50. The van der Waals surface area contributed by atoms with Crippen LogP contribution in [0.5, 0.6) is 0 Å². The van der Waals surface area contributed by atoms with Gasteiger partial charge in [-0.2, -0.15) is 0 Å². The summed E-state index contributed by atoms with van der Waals surface area (Å²) in [5, 5.41) is 11.8. The number of carbonyl (C=O) groups excluding carboxylic acids is 2. The highest BCUT2D eigenvalue weighted by Gasteiger charge is 2.46. The van der Waals surface area contributed by atoms with Crippen molar-refractivity contribution in [1.82, 2.24) is 20.2 Å². The van der Waals surface area contributed by atoms with E-state index in [-0.39, 0.29) is 18.9 Å². The molecule has 2 rings (SSSR count). The number of carbonyl (C=O) groups is 3. The van der Waals surface area contributed by atoms with Crippen LogP contribution >= 0.6 is 0 Å². The molecule has 23 heavy (non-hydrogen) atoms. The fourth-order valence-corrected chi connectivity index (χ4v) is 2.84. The third-order valence-electron chi connectivity index (χ3n) is 4.19. The minimum atomic E-state index is -1.15. The number of H-pyrrole nitrogens is 1. The second-order valence-corrected chi connectivity index (χ2v) is 5.77. The lowest BCUT2D eigenvalue weighted by Gasteiger charge is -2.34. The third-order valence-corrected chi connectivity index (χ3v) is 4.19. The number of aliphatic carboxylic acids is 1. The summed E-state index contributed by atoms with van der Waals surface area (Å²) in [6, 6.07) is -1.10. The number of carboxylic acids is 1. The molecule has 0 spiro atoms. The summed E-state index contributed by atoms with van der Waals surface area (Å²) in [4.78, 5) is 44.0. The van der Waals surface area contributed by atoms with Gasteiger partial charge in [0, 0.05) is 24.9 Å². The van der Waals surface area contributed by atoms with Gasteiger partial charge in [0.2, 0.25) is 11.8 Å². The van der Waals surface area contributed by atoms with Crippen LogP contribution in [0, 0.1) is 0 Å². The van der Waals surface area contributed by atoms with Gasteiger partial charge in [-0.3, -0.25) is 9.59 Å². The molecule has 2 heterocycles. The van der Waals surface area contributed by atoms with E-state index in [4.69, 9.17) is 5.73 Å². The highest BCUT2D eigenvalue weighted by atomic mass is 16.4. The Hall–Kier alpha value is -2.42. The number of hydrogen-bond acceptors (Lipinski definition) is 5. The Labute approximate surface area is 133 Å². The lowest BCUT2D eigenvalue weighted by Crippen LogP contribution is -2.59. The van der Waals surface area contributed by atoms with Gasteiger partial charge < -0.3 is 26.0 Å². The minimum Gasteiger partial charge on any atom is -0.480 e. The standard InChI is InChI=1S/C14H21N5O4/c1-14(3-2-4-19(14)11(20)6-15)13(23)18-10(12(21)22)5-9-7-16-8-17-9/h7-8,10H,2-6,15H2,1H3,(H,16,17)(H,18,23)(H,21,22)/t10-,14-/m0/s1. The van der Waals surface area contributed by atoms with Gasteiger partial charge in [0.15, 0.2) is 0 Å². The number of rotatable bonds is 6. The molecule has 9 nitrogen and oxygen atoms in total. The second-order valence-electron chi connectivity index (χ2n) is 5.77. The number of aromatic amines is 1. The smallest absolute Gasteiger partial charge is 0.326 e. The van der Waals surface area contributed by atoms with Crippen LogP contribution in [-0.4, -0.2) is 62.4 Å². The van der Waals surface area contributed by atoms with Crippen molar-refractivity contribution in [2.45, 2.75) is 37.8 Å². The summed E-state index contributed by atoms with van der Waals surface area (Å²) in [5.41, 5.74) is 4.91. The summed E-state index contributed by atoms with van der Waals surface area (Å²) in [7, 11) is 0. The van der Waals surface area contributed by atoms with Gasteiger partial charge in [-0.05, 0) is 19.8 Å². The van der Waals surface area contributed by atoms with E-state index in [1.54, 1.807) is 6.92 Å². The van der Waals surface area contributed by atoms with Crippen LogP contribution in [0.3, 0.4) is 0 Å². The predicted molar refractivity (Wildman–Crippen MR) is 80.3 cm³/mol. The Morgan fingerprint density at radius 2 is 2.30 bits per heavy atom. The Balaban J connectivity index is 2.11. The fourth-order valence-electron chi connectivity index (χ4n) is 2.84. The van der Waals surface area contributed by atoms with Gasteiger partial charge in [-0.15, -0.1) is 0 Å². The van der Waals surface area contributed by atoms with Crippen LogP contribution in [0.15, 0.2) is 12.5 Å². The highest BCUT2D eigenvalue weighted by Crippen LogP contribution is 2.29. The van der Waals surface area contributed by atoms with Gasteiger partial charge in [-0.1, -0.05) is 0 Å². The van der Waals surface area contributed by atoms with E-state index in [9.17, 15) is 19.5 Å². The summed E-state index contributed by atoms with van der Waals surface area (Å²) in [6.07, 6.45) is 4.18. The van der Waals surface area contributed by atoms with Crippen molar-refractivity contribution in [1.29, 1.82) is 0 Å². The molecule has 0 aromatic carbocycles. The molecule has 5 N–H and O–H groups in total. The maximum absolute atomic E-state index is 12.6. The highest BCUT2D eigenvalue weighted by molar-refractivity contribution is 5.94. The lowest BCUT2D eigenvalue weighted by atomic mass is 9.96. The molecule has 2 amide bonds. The van der Waals surface area contributed by atoms with E-state index in [0.717, 1.165) is 0 Å². The Morgan fingerprint density at radius 3 is 2.87 bits per heavy atom. The number of hydrogen-bond donors (Lipinski definition) is 4. The summed E-state index contributed by atoms with van der Waals surface area (Å²) >= 11 is 0. The van der Waals surface area contributed by atoms with E-state index < -0.39 is 23.5 Å². The Kier molecular flexibility index (Phi) is 4.99. The fraction of sp³-hybridized carbons (Fsp3) is 0.571. The molecule has 1 aromatic rings. The van der Waals surface area contributed by atoms with Crippen LogP contribution < -0.4 is 11.1 Å². The number of likely N-dealkylation sites (tertiary alicyclic amines) is 1. The normalized spacial score (nSPS) is 21.9. The number of carboxylic acid groups (broad SMARTS) is 1. The predicted octanol–water partition coefficient (Wildman–Crippen LogP) is -1.14. The van der Waals surface area contributed by atoms with Crippen molar-refractivity contribution < 1.29 is 19.5 Å². The van der Waals surface area contributed by atoms with Crippen molar-refractivity contribution in [2.75, 3.05) is 13.1 Å². The average Bonchev–Trinajstić information content (AvgIpc) is 3.15. The average molecular weight is 323 g/mol. The van der Waals surface area contributed by atoms with Gasteiger partial charge in [0.25, 0.3) is 0 Å². The van der Waals surface area contributed by atoms with Gasteiger partial charge in [0.1, 0.15) is 11.6 Å². The monoisotopic (exact) mass is 323 g/mol. The summed E-state index contributed by atoms with van der Waals surface area (Å²) in [5.74, 6) is -1.95. The first-order chi connectivity index (χ1) is 10.9. The number of amides is 2. The summed E-state index contributed by atoms with van der Waals surface area (Å²) < 4.78 is 0. The first kappa shape index (κ1) is 16.9. The molecule has 0 unspecified atom stereocenters. The molecule has 0 bridgehead atoms. The van der Waals surface area contributed by atoms with Crippen molar-refractivity contribution in [3.8, 4) is 0 Å². The Bertz CT molecular complexity index is 588. The van der Waals surface area contributed by atoms with Gasteiger partial charge >= 0.3 is 5.97 Å². The van der Waals surface area contributed by atoms with Crippen LogP contribution in [0.2, 0.25) is 0 Å². The maximum Gasteiger partial charge on any atom is 0.326 e. The summed E-state index contributed by atoms with van der Waals surface area (Å²) in [6.45, 7) is 1.90. The van der Waals surface area contributed by atoms with E-state index in [2.05, 4.69) is 15.3 Å². The van der Waals surface area contributed by atoms with Crippen LogP contribution in [0.25, 0.3) is 0 Å². The van der Waals surface area contributed by atoms with Crippen molar-refractivity contribution >= 4 is 17.8 Å². The maximum atomic E-state index is 12.6. The molecule has 1 aliphatic rings. The van der Waals surface area contributed by atoms with Gasteiger partial charge in [0.05, 0.1) is 12.9 Å². The number of nitrogens with zero attached hydrogens (tertiary/aromatic N) is 2. The number of nitrogens with one attached hydrogen (secondary N) is 2. The van der Waals surface area contributed by atoms with E-state index >= 15 is 0 Å². The minimum absolute atomic E-state index is 0.0853. The topological polar surface area (TPSA) is 141 Å². The molecule has 0 saturated carbocycles. The zero-order valence-electron chi connectivity index (χ0n) is 12.9. The number of imidazole rings is 1. The molecule has 1 aromatic heterocycles. The molecular weight excluding hydrogens is 302 g/mol. The Morgan fingerprint density at radius 1 is 1.57 bits per heavy atom. The van der Waals surface area contributed by atoms with Crippen LogP contribution in [0.4, 0.5) is 0 Å². The van der Waals surface area contributed by atoms with Crippen molar-refractivity contribution in [3.63, 3.8) is 0 Å². The van der Waals surface area contributed by atoms with E-state index in [1.807, 2.05) is 0 Å².